The summed E-state index contributed by atoms with van der Waals surface area (Å²) >= 11 is 0. The van der Waals surface area contributed by atoms with Gasteiger partial charge in [0.1, 0.15) is 0 Å². The van der Waals surface area contributed by atoms with Crippen molar-refractivity contribution in [3.05, 3.63) is 29.8 Å². The molecule has 0 saturated carbocycles. The third-order valence-electron chi connectivity index (χ3n) is 3.35. The lowest BCUT2D eigenvalue weighted by Crippen LogP contribution is -2.44. The van der Waals surface area contributed by atoms with Gasteiger partial charge in [-0.1, -0.05) is 18.2 Å². The molecule has 17 heavy (non-hydrogen) atoms. The van der Waals surface area contributed by atoms with E-state index in [0.29, 0.717) is 0 Å². The van der Waals surface area contributed by atoms with Crippen LogP contribution >= 0.6 is 0 Å². The number of amides is 1. The number of para-hydroxylation sites is 1. The molecule has 1 aromatic carbocycles. The highest BCUT2D eigenvalue weighted by molar-refractivity contribution is 5.97. The van der Waals surface area contributed by atoms with Crippen molar-refractivity contribution in [3.63, 3.8) is 0 Å². The summed E-state index contributed by atoms with van der Waals surface area (Å²) in [7, 11) is 0. The Morgan fingerprint density at radius 2 is 2.24 bits per heavy atom. The number of anilines is 1. The minimum atomic E-state index is 0.00885. The molecule has 1 fully saturated rings. The van der Waals surface area contributed by atoms with Crippen LogP contribution in [0.25, 0.3) is 0 Å². The summed E-state index contributed by atoms with van der Waals surface area (Å²) < 4.78 is 0. The van der Waals surface area contributed by atoms with Gasteiger partial charge in [-0.05, 0) is 44.9 Å². The van der Waals surface area contributed by atoms with Gasteiger partial charge in [0.05, 0.1) is 6.04 Å². The van der Waals surface area contributed by atoms with Crippen LogP contribution in [-0.4, -0.2) is 25.0 Å². The van der Waals surface area contributed by atoms with Gasteiger partial charge in [-0.15, -0.1) is 0 Å². The largest absolute Gasteiger partial charge is 0.311 e. The van der Waals surface area contributed by atoms with Gasteiger partial charge in [-0.3, -0.25) is 4.79 Å². The van der Waals surface area contributed by atoms with Crippen molar-refractivity contribution in [1.82, 2.24) is 5.32 Å². The van der Waals surface area contributed by atoms with Crippen molar-refractivity contribution in [2.75, 3.05) is 18.0 Å². The monoisotopic (exact) mass is 232 g/mol. The molecule has 1 aromatic rings. The first-order valence-electron chi connectivity index (χ1n) is 6.34. The fraction of sp³-hybridized carbons (Fsp3) is 0.500. The molecular weight excluding hydrogens is 212 g/mol. The summed E-state index contributed by atoms with van der Waals surface area (Å²) in [6, 6.07) is 8.07. The zero-order valence-electron chi connectivity index (χ0n) is 10.6. The molecule has 0 radical (unpaired) electrons. The number of likely N-dealkylation sites (N-methyl/N-ethyl adjacent to an activating group) is 1. The van der Waals surface area contributed by atoms with Crippen LogP contribution < -0.4 is 10.2 Å². The summed E-state index contributed by atoms with van der Waals surface area (Å²) in [6.07, 6.45) is 2.06. The van der Waals surface area contributed by atoms with E-state index in [4.69, 9.17) is 0 Å². The van der Waals surface area contributed by atoms with Crippen LogP contribution in [0.15, 0.2) is 24.3 Å². The fourth-order valence-electron chi connectivity index (χ4n) is 2.39. The standard InChI is InChI=1S/C14H20N2O/c1-3-16(13-9-5-4-7-11(13)2)14(17)12-8-6-10-15-12/h4-5,7,9,12,15H,3,6,8,10H2,1-2H3/t12-/m1/s1. The SMILES string of the molecule is CCN(C(=O)[C@H]1CCCN1)c1ccccc1C. The number of hydrogen-bond acceptors (Lipinski definition) is 2. The Morgan fingerprint density at radius 3 is 2.82 bits per heavy atom. The molecule has 0 spiro atoms. The molecule has 3 heteroatoms. The number of nitrogens with one attached hydrogen (secondary N) is 1. The van der Waals surface area contributed by atoms with Gasteiger partial charge in [0, 0.05) is 12.2 Å². The molecule has 3 nitrogen and oxygen atoms in total. The number of aryl methyl sites for hydroxylation is 1. The first-order chi connectivity index (χ1) is 8.24. The maximum atomic E-state index is 12.4. The van der Waals surface area contributed by atoms with Crippen LogP contribution in [0.3, 0.4) is 0 Å². The molecule has 1 aliphatic heterocycles. The molecule has 1 saturated heterocycles. The summed E-state index contributed by atoms with van der Waals surface area (Å²) in [5, 5.41) is 3.27. The Bertz CT molecular complexity index is 397. The topological polar surface area (TPSA) is 32.3 Å². The van der Waals surface area contributed by atoms with E-state index in [0.717, 1.165) is 37.2 Å². The van der Waals surface area contributed by atoms with E-state index in [1.165, 1.54) is 0 Å². The van der Waals surface area contributed by atoms with Gasteiger partial charge in [0.25, 0.3) is 0 Å². The second kappa shape index (κ2) is 5.32. The highest BCUT2D eigenvalue weighted by Gasteiger charge is 2.27. The Labute approximate surface area is 103 Å². The first-order valence-corrected chi connectivity index (χ1v) is 6.34. The Kier molecular flexibility index (Phi) is 3.79. The Hall–Kier alpha value is -1.35. The maximum absolute atomic E-state index is 12.4. The maximum Gasteiger partial charge on any atom is 0.244 e. The molecule has 1 aliphatic rings. The van der Waals surface area contributed by atoms with E-state index in [-0.39, 0.29) is 11.9 Å². The van der Waals surface area contributed by atoms with Crippen molar-refractivity contribution >= 4 is 11.6 Å². The average molecular weight is 232 g/mol. The summed E-state index contributed by atoms with van der Waals surface area (Å²) in [5.74, 6) is 0.208. The summed E-state index contributed by atoms with van der Waals surface area (Å²) in [5.41, 5.74) is 2.19. The van der Waals surface area contributed by atoms with Crippen LogP contribution in [0.1, 0.15) is 25.3 Å². The lowest BCUT2D eigenvalue weighted by Gasteiger charge is -2.25. The second-order valence-corrected chi connectivity index (χ2v) is 4.52. The quantitative estimate of drug-likeness (QED) is 0.865. The van der Waals surface area contributed by atoms with Gasteiger partial charge < -0.3 is 10.2 Å². The Morgan fingerprint density at radius 1 is 1.47 bits per heavy atom. The number of rotatable bonds is 3. The summed E-state index contributed by atoms with van der Waals surface area (Å²) in [6.45, 7) is 5.76. The van der Waals surface area contributed by atoms with Crippen LogP contribution in [0.4, 0.5) is 5.69 Å². The molecule has 0 unspecified atom stereocenters. The lowest BCUT2D eigenvalue weighted by atomic mass is 10.1. The predicted octanol–water partition coefficient (Wildman–Crippen LogP) is 2.10. The Balaban J connectivity index is 2.21. The van der Waals surface area contributed by atoms with Crippen LogP contribution in [0, 0.1) is 6.92 Å². The molecule has 0 aliphatic carbocycles. The zero-order valence-corrected chi connectivity index (χ0v) is 10.6. The van der Waals surface area contributed by atoms with E-state index in [2.05, 4.69) is 5.32 Å². The molecule has 1 atom stereocenters. The van der Waals surface area contributed by atoms with Crippen molar-refractivity contribution < 1.29 is 4.79 Å². The number of carbonyl (C=O) groups is 1. The molecule has 2 rings (SSSR count). The number of nitrogens with zero attached hydrogens (tertiary/aromatic N) is 1. The first kappa shape index (κ1) is 12.1. The highest BCUT2D eigenvalue weighted by atomic mass is 16.2. The van der Waals surface area contributed by atoms with Crippen molar-refractivity contribution in [2.24, 2.45) is 0 Å². The van der Waals surface area contributed by atoms with Gasteiger partial charge in [0.2, 0.25) is 5.91 Å². The van der Waals surface area contributed by atoms with E-state index in [1.807, 2.05) is 43.0 Å². The van der Waals surface area contributed by atoms with Crippen LogP contribution in [-0.2, 0) is 4.79 Å². The molecule has 1 amide bonds. The van der Waals surface area contributed by atoms with Gasteiger partial charge >= 0.3 is 0 Å². The lowest BCUT2D eigenvalue weighted by molar-refractivity contribution is -0.120. The highest BCUT2D eigenvalue weighted by Crippen LogP contribution is 2.21. The molecule has 92 valence electrons. The third-order valence-corrected chi connectivity index (χ3v) is 3.35. The molecule has 1 N–H and O–H groups in total. The van der Waals surface area contributed by atoms with E-state index >= 15 is 0 Å². The number of carbonyl (C=O) groups excluding carboxylic acids is 1. The minimum Gasteiger partial charge on any atom is -0.311 e. The third kappa shape index (κ3) is 2.50. The second-order valence-electron chi connectivity index (χ2n) is 4.52. The van der Waals surface area contributed by atoms with Gasteiger partial charge in [0.15, 0.2) is 0 Å². The predicted molar refractivity (Wildman–Crippen MR) is 70.2 cm³/mol. The van der Waals surface area contributed by atoms with Crippen molar-refractivity contribution in [2.45, 2.75) is 32.7 Å². The molecular formula is C14H20N2O. The van der Waals surface area contributed by atoms with E-state index < -0.39 is 0 Å². The van der Waals surface area contributed by atoms with Gasteiger partial charge in [-0.2, -0.15) is 0 Å². The molecule has 0 bridgehead atoms. The fourth-order valence-corrected chi connectivity index (χ4v) is 2.39. The van der Waals surface area contributed by atoms with Gasteiger partial charge in [-0.25, -0.2) is 0 Å². The van der Waals surface area contributed by atoms with Crippen LogP contribution in [0.2, 0.25) is 0 Å². The number of hydrogen-bond donors (Lipinski definition) is 1. The zero-order chi connectivity index (χ0) is 12.3. The number of benzene rings is 1. The van der Waals surface area contributed by atoms with Crippen LogP contribution in [0.5, 0.6) is 0 Å². The average Bonchev–Trinajstić information content (AvgIpc) is 2.86. The minimum absolute atomic E-state index is 0.00885. The smallest absolute Gasteiger partial charge is 0.244 e. The van der Waals surface area contributed by atoms with E-state index in [1.54, 1.807) is 0 Å². The summed E-state index contributed by atoms with van der Waals surface area (Å²) in [4.78, 5) is 14.3. The van der Waals surface area contributed by atoms with Crippen molar-refractivity contribution in [3.8, 4) is 0 Å². The molecule has 0 aromatic heterocycles. The van der Waals surface area contributed by atoms with E-state index in [9.17, 15) is 4.79 Å². The molecule has 1 heterocycles. The normalized spacial score (nSPS) is 19.3. The van der Waals surface area contributed by atoms with Crippen molar-refractivity contribution in [1.29, 1.82) is 0 Å².